The van der Waals surface area contributed by atoms with Crippen molar-refractivity contribution in [2.45, 2.75) is 19.8 Å². The van der Waals surface area contributed by atoms with Crippen molar-refractivity contribution < 1.29 is 9.59 Å². The number of benzene rings is 3. The lowest BCUT2D eigenvalue weighted by atomic mass is 10.1. The fraction of sp³-hybridized carbons (Fsp3) is 0.125. The smallest absolute Gasteiger partial charge is 0.244 e. The first-order chi connectivity index (χ1) is 14.6. The van der Waals surface area contributed by atoms with E-state index in [0.717, 1.165) is 16.9 Å². The second-order valence-electron chi connectivity index (χ2n) is 6.84. The van der Waals surface area contributed by atoms with Crippen molar-refractivity contribution in [2.24, 2.45) is 5.10 Å². The van der Waals surface area contributed by atoms with Crippen LogP contribution in [0.3, 0.4) is 0 Å². The Hall–Kier alpha value is -3.93. The molecule has 30 heavy (non-hydrogen) atoms. The molecule has 2 amide bonds. The molecular weight excluding hydrogens is 376 g/mol. The second-order valence-corrected chi connectivity index (χ2v) is 6.84. The molecule has 0 aliphatic rings. The van der Waals surface area contributed by atoms with Crippen LogP contribution in [0.5, 0.6) is 0 Å². The van der Waals surface area contributed by atoms with Crippen molar-refractivity contribution >= 4 is 34.6 Å². The summed E-state index contributed by atoms with van der Waals surface area (Å²) in [5.41, 5.74) is 6.54. The lowest BCUT2D eigenvalue weighted by Crippen LogP contribution is -2.22. The Balaban J connectivity index is 1.45. The lowest BCUT2D eigenvalue weighted by molar-refractivity contribution is -0.120. The highest BCUT2D eigenvalue weighted by molar-refractivity contribution is 6.05. The number of nitrogens with zero attached hydrogens (tertiary/aromatic N) is 1. The van der Waals surface area contributed by atoms with Crippen LogP contribution in [0.25, 0.3) is 0 Å². The number of para-hydroxylation sites is 1. The first kappa shape index (κ1) is 20.8. The van der Waals surface area contributed by atoms with Crippen LogP contribution in [0.2, 0.25) is 0 Å². The van der Waals surface area contributed by atoms with E-state index in [0.29, 0.717) is 11.4 Å². The first-order valence-electron chi connectivity index (χ1n) is 9.66. The van der Waals surface area contributed by atoms with E-state index < -0.39 is 0 Å². The molecule has 0 saturated heterocycles. The van der Waals surface area contributed by atoms with Crippen LogP contribution in [-0.4, -0.2) is 17.5 Å². The zero-order valence-electron chi connectivity index (χ0n) is 16.8. The predicted molar refractivity (Wildman–Crippen MR) is 121 cm³/mol. The van der Waals surface area contributed by atoms with Crippen molar-refractivity contribution in [3.8, 4) is 0 Å². The Kier molecular flexibility index (Phi) is 7.33. The summed E-state index contributed by atoms with van der Waals surface area (Å²) < 4.78 is 0. The Bertz CT molecular complexity index is 1000. The van der Waals surface area contributed by atoms with Crippen LogP contribution < -0.4 is 16.1 Å². The summed E-state index contributed by atoms with van der Waals surface area (Å²) in [5.74, 6) is -0.417. The highest BCUT2D eigenvalue weighted by Gasteiger charge is 2.06. The van der Waals surface area contributed by atoms with Gasteiger partial charge in [0.25, 0.3) is 0 Å². The van der Waals surface area contributed by atoms with E-state index in [9.17, 15) is 9.59 Å². The van der Waals surface area contributed by atoms with Gasteiger partial charge < -0.3 is 10.6 Å². The molecule has 3 aromatic rings. The third kappa shape index (κ3) is 6.91. The SMILES string of the molecule is C/C(CC(=O)Nc1ccc(Nc2ccccc2)cc1)=N/NC(=O)Cc1ccccc1. The number of rotatable bonds is 8. The van der Waals surface area contributed by atoms with Crippen LogP contribution in [0.15, 0.2) is 90.0 Å². The van der Waals surface area contributed by atoms with E-state index in [2.05, 4.69) is 21.2 Å². The van der Waals surface area contributed by atoms with E-state index in [-0.39, 0.29) is 24.7 Å². The number of amides is 2. The van der Waals surface area contributed by atoms with Gasteiger partial charge in [-0.3, -0.25) is 9.59 Å². The largest absolute Gasteiger partial charge is 0.356 e. The fourth-order valence-electron chi connectivity index (χ4n) is 2.78. The van der Waals surface area contributed by atoms with Crippen molar-refractivity contribution in [1.29, 1.82) is 0 Å². The maximum absolute atomic E-state index is 12.2. The minimum absolute atomic E-state index is 0.0929. The van der Waals surface area contributed by atoms with Gasteiger partial charge in [0.15, 0.2) is 0 Å². The first-order valence-corrected chi connectivity index (χ1v) is 9.66. The summed E-state index contributed by atoms with van der Waals surface area (Å²) in [7, 11) is 0. The molecule has 0 aliphatic heterocycles. The van der Waals surface area contributed by atoms with Gasteiger partial charge in [0.1, 0.15) is 0 Å². The molecule has 0 spiro atoms. The van der Waals surface area contributed by atoms with Gasteiger partial charge in [-0.2, -0.15) is 5.10 Å². The molecule has 0 heterocycles. The third-order valence-corrected chi connectivity index (χ3v) is 4.23. The fourth-order valence-corrected chi connectivity index (χ4v) is 2.78. The summed E-state index contributed by atoms with van der Waals surface area (Å²) in [6.07, 6.45) is 0.336. The lowest BCUT2D eigenvalue weighted by Gasteiger charge is -2.09. The van der Waals surface area contributed by atoms with Crippen molar-refractivity contribution in [3.63, 3.8) is 0 Å². The van der Waals surface area contributed by atoms with E-state index in [4.69, 9.17) is 0 Å². The van der Waals surface area contributed by atoms with Crippen molar-refractivity contribution in [3.05, 3.63) is 90.5 Å². The van der Waals surface area contributed by atoms with Gasteiger partial charge in [-0.25, -0.2) is 5.43 Å². The molecule has 0 atom stereocenters. The van der Waals surface area contributed by atoms with Gasteiger partial charge in [0.05, 0.1) is 12.8 Å². The second kappa shape index (κ2) is 10.6. The molecule has 3 N–H and O–H groups in total. The van der Waals surface area contributed by atoms with E-state index in [1.54, 1.807) is 6.92 Å². The van der Waals surface area contributed by atoms with Gasteiger partial charge >= 0.3 is 0 Å². The zero-order chi connectivity index (χ0) is 21.2. The molecule has 0 unspecified atom stereocenters. The highest BCUT2D eigenvalue weighted by Crippen LogP contribution is 2.18. The molecule has 0 aromatic heterocycles. The van der Waals surface area contributed by atoms with Gasteiger partial charge in [0.2, 0.25) is 11.8 Å². The minimum Gasteiger partial charge on any atom is -0.356 e. The van der Waals surface area contributed by atoms with Crippen LogP contribution in [0, 0.1) is 0 Å². The summed E-state index contributed by atoms with van der Waals surface area (Å²) in [4.78, 5) is 24.1. The molecule has 0 saturated carbocycles. The van der Waals surface area contributed by atoms with Gasteiger partial charge in [-0.05, 0) is 48.9 Å². The van der Waals surface area contributed by atoms with E-state index in [1.165, 1.54) is 0 Å². The number of anilines is 3. The Labute approximate surface area is 176 Å². The average molecular weight is 400 g/mol. The number of nitrogens with one attached hydrogen (secondary N) is 3. The monoisotopic (exact) mass is 400 g/mol. The third-order valence-electron chi connectivity index (χ3n) is 4.23. The van der Waals surface area contributed by atoms with Gasteiger partial charge in [-0.1, -0.05) is 48.5 Å². The molecule has 0 fully saturated rings. The molecule has 6 heteroatoms. The maximum atomic E-state index is 12.2. The number of carbonyl (C=O) groups excluding carboxylic acids is 2. The summed E-state index contributed by atoms with van der Waals surface area (Å²) in [6, 6.07) is 26.7. The zero-order valence-corrected chi connectivity index (χ0v) is 16.8. The van der Waals surface area contributed by atoms with Crippen LogP contribution in [0.4, 0.5) is 17.1 Å². The molecule has 6 nitrogen and oxygen atoms in total. The summed E-state index contributed by atoms with van der Waals surface area (Å²) in [6.45, 7) is 1.70. The molecule has 152 valence electrons. The predicted octanol–water partition coefficient (Wildman–Crippen LogP) is 4.49. The molecule has 3 rings (SSSR count). The Morgan fingerprint density at radius 2 is 1.30 bits per heavy atom. The molecule has 3 aromatic carbocycles. The van der Waals surface area contributed by atoms with E-state index in [1.807, 2.05) is 84.9 Å². The van der Waals surface area contributed by atoms with Gasteiger partial charge in [0, 0.05) is 22.8 Å². The number of hydrogen-bond acceptors (Lipinski definition) is 4. The number of hydrazone groups is 1. The van der Waals surface area contributed by atoms with Crippen LogP contribution in [0.1, 0.15) is 18.9 Å². The molecule has 0 aliphatic carbocycles. The normalized spacial score (nSPS) is 10.9. The average Bonchev–Trinajstić information content (AvgIpc) is 2.75. The van der Waals surface area contributed by atoms with Crippen molar-refractivity contribution in [2.75, 3.05) is 10.6 Å². The maximum Gasteiger partial charge on any atom is 0.244 e. The van der Waals surface area contributed by atoms with Gasteiger partial charge in [-0.15, -0.1) is 0 Å². The topological polar surface area (TPSA) is 82.6 Å². The quantitative estimate of drug-likeness (QED) is 0.385. The molecular formula is C24H24N4O2. The van der Waals surface area contributed by atoms with E-state index >= 15 is 0 Å². The number of carbonyl (C=O) groups is 2. The van der Waals surface area contributed by atoms with Crippen LogP contribution >= 0.6 is 0 Å². The minimum atomic E-state index is -0.220. The standard InChI is InChI=1S/C24H24N4O2/c1-18(27-28-24(30)17-19-8-4-2-5-9-19)16-23(29)26-22-14-12-21(13-15-22)25-20-10-6-3-7-11-20/h2-15,25H,16-17H2,1H3,(H,26,29)(H,28,30)/b27-18-. The summed E-state index contributed by atoms with van der Waals surface area (Å²) in [5, 5.41) is 10.1. The molecule has 0 radical (unpaired) electrons. The Morgan fingerprint density at radius 1 is 0.733 bits per heavy atom. The summed E-state index contributed by atoms with van der Waals surface area (Å²) >= 11 is 0. The number of hydrogen-bond donors (Lipinski definition) is 3. The Morgan fingerprint density at radius 3 is 1.97 bits per heavy atom. The highest BCUT2D eigenvalue weighted by atomic mass is 16.2. The van der Waals surface area contributed by atoms with Crippen LogP contribution in [-0.2, 0) is 16.0 Å². The van der Waals surface area contributed by atoms with Crippen molar-refractivity contribution in [1.82, 2.24) is 5.43 Å². The molecule has 0 bridgehead atoms.